The van der Waals surface area contributed by atoms with Crippen LogP contribution < -0.4 is 5.32 Å². The van der Waals surface area contributed by atoms with Crippen LogP contribution in [0.25, 0.3) is 0 Å². The van der Waals surface area contributed by atoms with Gasteiger partial charge in [0.25, 0.3) is 0 Å². The fourth-order valence-corrected chi connectivity index (χ4v) is 8.04. The van der Waals surface area contributed by atoms with Crippen molar-refractivity contribution in [1.82, 2.24) is 5.32 Å². The minimum absolute atomic E-state index is 0.225. The predicted octanol–water partition coefficient (Wildman–Crippen LogP) is 0.637. The first-order valence-electron chi connectivity index (χ1n) is 24.2. The van der Waals surface area contributed by atoms with Gasteiger partial charge in [-0.3, -0.25) is 4.79 Å². The lowest BCUT2D eigenvalue weighted by Gasteiger charge is -2.48. The number of unbranched alkanes of at least 4 members (excludes halogenated alkanes) is 12. The monoisotopic (exact) mass is 950 g/mol. The molecule has 0 bridgehead atoms. The Morgan fingerprint density at radius 1 is 0.545 bits per heavy atom. The Morgan fingerprint density at radius 2 is 1.00 bits per heavy atom. The molecule has 1 amide bonds. The van der Waals surface area contributed by atoms with Gasteiger partial charge in [-0.25, -0.2) is 0 Å². The maximum atomic E-state index is 13.1. The standard InChI is InChI=1S/C47H83NO18/c1-3-5-7-9-11-12-13-14-15-16-17-18-19-21-23-25-35(53)48-30(31(52)24-22-20-10-8-6-4-2)29-61-45-41(59)38(56)43(33(27-50)63-45)66-47-42(60)39(57)44(34(28-51)64-47)65-46-40(58)37(55)36(54)32(26-49)62-46/h11-12,14-15,22,24,30-34,36-47,49-52,54-60H,3-10,13,16-21,23,25-29H2,1-2H3,(H,48,53)/b12-11-,15-14-,24-22+. The lowest BCUT2D eigenvalue weighted by Crippen LogP contribution is -2.66. The van der Waals surface area contributed by atoms with Crippen molar-refractivity contribution in [2.24, 2.45) is 0 Å². The van der Waals surface area contributed by atoms with Crippen LogP contribution in [0.2, 0.25) is 0 Å². The highest BCUT2D eigenvalue weighted by Gasteiger charge is 2.53. The molecule has 0 radical (unpaired) electrons. The Kier molecular flexibility index (Phi) is 28.9. The molecule has 19 nitrogen and oxygen atoms in total. The molecule has 17 atom stereocenters. The van der Waals surface area contributed by atoms with E-state index in [4.69, 9.17) is 28.4 Å². The van der Waals surface area contributed by atoms with Gasteiger partial charge in [0.05, 0.1) is 38.6 Å². The quantitative estimate of drug-likeness (QED) is 0.0325. The van der Waals surface area contributed by atoms with Gasteiger partial charge in [-0.2, -0.15) is 0 Å². The van der Waals surface area contributed by atoms with Crippen LogP contribution in [0.5, 0.6) is 0 Å². The zero-order valence-electron chi connectivity index (χ0n) is 38.9. The number of rotatable bonds is 32. The summed E-state index contributed by atoms with van der Waals surface area (Å²) in [6.07, 6.45) is 2.03. The number of aliphatic hydroxyl groups is 11. The fourth-order valence-electron chi connectivity index (χ4n) is 8.04. The minimum Gasteiger partial charge on any atom is -0.394 e. The van der Waals surface area contributed by atoms with Crippen LogP contribution in [0.4, 0.5) is 0 Å². The molecule has 0 spiro atoms. The van der Waals surface area contributed by atoms with Crippen LogP contribution >= 0.6 is 0 Å². The first-order valence-corrected chi connectivity index (χ1v) is 24.2. The molecule has 3 heterocycles. The Hall–Kier alpha value is -1.99. The van der Waals surface area contributed by atoms with Crippen molar-refractivity contribution < 1.29 is 89.4 Å². The van der Waals surface area contributed by atoms with Crippen molar-refractivity contribution in [3.05, 3.63) is 36.5 Å². The number of ether oxygens (including phenoxy) is 6. The van der Waals surface area contributed by atoms with Gasteiger partial charge in [0.2, 0.25) is 5.91 Å². The van der Waals surface area contributed by atoms with Crippen LogP contribution in [0, 0.1) is 0 Å². The molecule has 3 aliphatic rings. The zero-order chi connectivity index (χ0) is 48.4. The highest BCUT2D eigenvalue weighted by Crippen LogP contribution is 2.33. The first kappa shape index (κ1) is 58.3. The molecule has 3 rings (SSSR count). The molecule has 0 aromatic rings. The van der Waals surface area contributed by atoms with E-state index in [2.05, 4.69) is 43.5 Å². The highest BCUT2D eigenvalue weighted by molar-refractivity contribution is 5.76. The summed E-state index contributed by atoms with van der Waals surface area (Å²) in [5, 5.41) is 119. The summed E-state index contributed by atoms with van der Waals surface area (Å²) in [6.45, 7) is 1.53. The number of carbonyl (C=O) groups excluding carboxylic acids is 1. The second-order valence-corrected chi connectivity index (χ2v) is 17.6. The Morgan fingerprint density at radius 3 is 1.58 bits per heavy atom. The SMILES string of the molecule is CCCCC/C=C\C/C=C\CCCCCCCC(=O)NC(COC1OC(CO)C(OC2OC(CO)C(OC3OC(CO)C(O)C(O)C3O)C(O)C2O)C(O)C1O)C(O)/C=C/CCCCCC. The third-order valence-electron chi connectivity index (χ3n) is 12.2. The molecule has 12 N–H and O–H groups in total. The van der Waals surface area contributed by atoms with Crippen LogP contribution in [0.15, 0.2) is 36.5 Å². The van der Waals surface area contributed by atoms with E-state index in [1.165, 1.54) is 19.3 Å². The molecular formula is C47H83NO18. The molecule has 0 aliphatic carbocycles. The summed E-state index contributed by atoms with van der Waals surface area (Å²) in [4.78, 5) is 13.1. The summed E-state index contributed by atoms with van der Waals surface area (Å²) in [6, 6.07) is -0.974. The van der Waals surface area contributed by atoms with Gasteiger partial charge in [0.15, 0.2) is 18.9 Å². The van der Waals surface area contributed by atoms with E-state index in [-0.39, 0.29) is 18.9 Å². The fraction of sp³-hybridized carbons (Fsp3) is 0.851. The van der Waals surface area contributed by atoms with Crippen molar-refractivity contribution in [3.8, 4) is 0 Å². The predicted molar refractivity (Wildman–Crippen MR) is 240 cm³/mol. The van der Waals surface area contributed by atoms with Crippen molar-refractivity contribution in [1.29, 1.82) is 0 Å². The Balaban J connectivity index is 1.55. The van der Waals surface area contributed by atoms with Gasteiger partial charge < -0.3 is 89.9 Å². The van der Waals surface area contributed by atoms with Crippen LogP contribution in [0.3, 0.4) is 0 Å². The van der Waals surface area contributed by atoms with Crippen LogP contribution in [0.1, 0.15) is 123 Å². The number of nitrogens with one attached hydrogen (secondary N) is 1. The molecular weight excluding hydrogens is 867 g/mol. The minimum atomic E-state index is -1.98. The molecule has 384 valence electrons. The molecule has 0 saturated carbocycles. The summed E-state index contributed by atoms with van der Waals surface area (Å²) in [7, 11) is 0. The van der Waals surface area contributed by atoms with Gasteiger partial charge in [-0.15, -0.1) is 0 Å². The molecule has 0 aromatic heterocycles. The molecule has 0 aromatic carbocycles. The van der Waals surface area contributed by atoms with E-state index in [0.717, 1.165) is 77.0 Å². The largest absolute Gasteiger partial charge is 0.394 e. The van der Waals surface area contributed by atoms with Gasteiger partial charge in [-0.1, -0.05) is 102 Å². The van der Waals surface area contributed by atoms with E-state index in [9.17, 15) is 61.0 Å². The van der Waals surface area contributed by atoms with Gasteiger partial charge in [0.1, 0.15) is 73.2 Å². The van der Waals surface area contributed by atoms with E-state index in [0.29, 0.717) is 6.42 Å². The van der Waals surface area contributed by atoms with Crippen molar-refractivity contribution in [3.63, 3.8) is 0 Å². The number of aliphatic hydroxyl groups excluding tert-OH is 11. The number of hydrogen-bond acceptors (Lipinski definition) is 18. The lowest BCUT2D eigenvalue weighted by atomic mass is 9.96. The summed E-state index contributed by atoms with van der Waals surface area (Å²) >= 11 is 0. The average Bonchev–Trinajstić information content (AvgIpc) is 3.31. The van der Waals surface area contributed by atoms with Crippen molar-refractivity contribution in [2.45, 2.75) is 227 Å². The lowest BCUT2D eigenvalue weighted by molar-refractivity contribution is -0.379. The molecule has 3 aliphatic heterocycles. The maximum Gasteiger partial charge on any atom is 0.220 e. The summed E-state index contributed by atoms with van der Waals surface area (Å²) in [5.41, 5.74) is 0. The molecule has 66 heavy (non-hydrogen) atoms. The molecule has 19 heteroatoms. The number of carbonyl (C=O) groups is 1. The number of allylic oxidation sites excluding steroid dienone is 5. The summed E-state index contributed by atoms with van der Waals surface area (Å²) < 4.78 is 33.9. The van der Waals surface area contributed by atoms with Crippen molar-refractivity contribution in [2.75, 3.05) is 26.4 Å². The van der Waals surface area contributed by atoms with Gasteiger partial charge in [0, 0.05) is 6.42 Å². The summed E-state index contributed by atoms with van der Waals surface area (Å²) in [5.74, 6) is -0.299. The second-order valence-electron chi connectivity index (χ2n) is 17.6. The van der Waals surface area contributed by atoms with E-state index >= 15 is 0 Å². The maximum absolute atomic E-state index is 13.1. The zero-order valence-corrected chi connectivity index (χ0v) is 38.9. The van der Waals surface area contributed by atoms with E-state index in [1.54, 1.807) is 6.08 Å². The van der Waals surface area contributed by atoms with Gasteiger partial charge >= 0.3 is 0 Å². The van der Waals surface area contributed by atoms with E-state index < -0.39 is 124 Å². The average molecular weight is 950 g/mol. The third kappa shape index (κ3) is 19.1. The van der Waals surface area contributed by atoms with E-state index in [1.807, 2.05) is 6.08 Å². The Labute approximate surface area is 390 Å². The normalized spacial score (nSPS) is 34.1. The van der Waals surface area contributed by atoms with Crippen LogP contribution in [-0.2, 0) is 33.2 Å². The molecule has 3 saturated heterocycles. The molecule has 17 unspecified atom stereocenters. The third-order valence-corrected chi connectivity index (χ3v) is 12.2. The van der Waals surface area contributed by atoms with Crippen LogP contribution in [-0.4, -0.2) is 193 Å². The second kappa shape index (κ2) is 32.8. The number of amides is 1. The van der Waals surface area contributed by atoms with Crippen molar-refractivity contribution >= 4 is 5.91 Å². The topological polar surface area (TPSA) is 307 Å². The smallest absolute Gasteiger partial charge is 0.220 e. The highest BCUT2D eigenvalue weighted by atomic mass is 16.8. The first-order chi connectivity index (χ1) is 31.8. The van der Waals surface area contributed by atoms with Gasteiger partial charge in [-0.05, 0) is 51.4 Å². The molecule has 3 fully saturated rings. The Bertz CT molecular complexity index is 1370. The number of hydrogen-bond donors (Lipinski definition) is 12.